The fourth-order valence-corrected chi connectivity index (χ4v) is 5.25. The van der Waals surface area contributed by atoms with Crippen molar-refractivity contribution in [3.8, 4) is 0 Å². The van der Waals surface area contributed by atoms with E-state index in [1.807, 2.05) is 0 Å². The summed E-state index contributed by atoms with van der Waals surface area (Å²) in [5.41, 5.74) is 3.30. The number of aliphatic hydroxyl groups excluding tert-OH is 1. The summed E-state index contributed by atoms with van der Waals surface area (Å²) < 4.78 is 27.5. The second-order valence-electron chi connectivity index (χ2n) is 11.6. The number of hydrogen-bond donors (Lipinski definition) is 3. The first-order valence-electron chi connectivity index (χ1n) is 13.2. The zero-order valence-electron chi connectivity index (χ0n) is 23.0. The molecule has 2 aromatic carbocycles. The van der Waals surface area contributed by atoms with E-state index < -0.39 is 29.3 Å². The summed E-state index contributed by atoms with van der Waals surface area (Å²) in [5, 5.41) is 17.5. The maximum atomic E-state index is 13.8. The van der Waals surface area contributed by atoms with Crippen LogP contribution < -0.4 is 10.6 Å². The molecule has 2 atom stereocenters. The molecule has 3 rings (SSSR count). The van der Waals surface area contributed by atoms with Crippen LogP contribution in [0, 0.1) is 11.6 Å². The Morgan fingerprint density at radius 1 is 1.05 bits per heavy atom. The van der Waals surface area contributed by atoms with Crippen LogP contribution in [-0.4, -0.2) is 35.5 Å². The molecule has 0 aliphatic heterocycles. The number of benzene rings is 2. The van der Waals surface area contributed by atoms with Crippen LogP contribution in [0.25, 0.3) is 0 Å². The van der Waals surface area contributed by atoms with E-state index in [0.717, 1.165) is 42.9 Å². The molecule has 1 fully saturated rings. The monoisotopic (exact) mass is 526 g/mol. The Morgan fingerprint density at radius 2 is 1.68 bits per heavy atom. The van der Waals surface area contributed by atoms with E-state index in [1.165, 1.54) is 24.6 Å². The number of carbonyl (C=O) groups excluding carboxylic acids is 2. The number of allylic oxidation sites excluding steroid dienone is 2. The van der Waals surface area contributed by atoms with Crippen molar-refractivity contribution in [1.29, 1.82) is 0 Å². The van der Waals surface area contributed by atoms with Gasteiger partial charge in [0, 0.05) is 25.1 Å². The lowest BCUT2D eigenvalue weighted by molar-refractivity contribution is -0.120. The van der Waals surface area contributed by atoms with Gasteiger partial charge in [0.25, 0.3) is 0 Å². The van der Waals surface area contributed by atoms with Crippen LogP contribution in [0.4, 0.5) is 8.78 Å². The number of rotatable bonds is 9. The summed E-state index contributed by atoms with van der Waals surface area (Å²) in [6.45, 7) is 9.56. The van der Waals surface area contributed by atoms with Gasteiger partial charge in [0.05, 0.1) is 12.1 Å². The van der Waals surface area contributed by atoms with Crippen molar-refractivity contribution in [1.82, 2.24) is 10.6 Å². The quantitative estimate of drug-likeness (QED) is 0.390. The van der Waals surface area contributed by atoms with Crippen LogP contribution >= 0.6 is 0 Å². The van der Waals surface area contributed by atoms with Crippen molar-refractivity contribution in [2.45, 2.75) is 89.8 Å². The van der Waals surface area contributed by atoms with Gasteiger partial charge in [0.15, 0.2) is 5.78 Å². The van der Waals surface area contributed by atoms with E-state index in [4.69, 9.17) is 0 Å². The molecule has 3 N–H and O–H groups in total. The second kappa shape index (κ2) is 12.3. The molecule has 0 aromatic heterocycles. The molecule has 0 heterocycles. The molecule has 2 aromatic rings. The highest BCUT2D eigenvalue weighted by atomic mass is 19.1. The van der Waals surface area contributed by atoms with Gasteiger partial charge in [0.2, 0.25) is 5.91 Å². The summed E-state index contributed by atoms with van der Waals surface area (Å²) >= 11 is 0. The van der Waals surface area contributed by atoms with Gasteiger partial charge in [-0.1, -0.05) is 50.6 Å². The molecule has 206 valence electrons. The number of ketones is 1. The lowest BCUT2D eigenvalue weighted by Gasteiger charge is -2.41. The van der Waals surface area contributed by atoms with Gasteiger partial charge in [-0.25, -0.2) is 8.78 Å². The summed E-state index contributed by atoms with van der Waals surface area (Å²) in [4.78, 5) is 23.6. The molecule has 0 spiro atoms. The summed E-state index contributed by atoms with van der Waals surface area (Å²) in [5.74, 6) is -1.71. The molecule has 2 unspecified atom stereocenters. The lowest BCUT2D eigenvalue weighted by atomic mass is 9.73. The summed E-state index contributed by atoms with van der Waals surface area (Å²) in [6.07, 6.45) is 3.77. The maximum absolute atomic E-state index is 13.8. The van der Waals surface area contributed by atoms with Gasteiger partial charge in [-0.05, 0) is 79.3 Å². The highest BCUT2D eigenvalue weighted by Crippen LogP contribution is 2.40. The van der Waals surface area contributed by atoms with Gasteiger partial charge in [-0.15, -0.1) is 0 Å². The topological polar surface area (TPSA) is 78.4 Å². The standard InChI is InChI=1S/C31H40F2N2O3/c1-20(36)13-22-9-11-31(12-10-22,25-8-6-7-24(17-25)30(3,4)5)34-19-29(38)28(35-21(2)37)16-23-14-26(32)18-27(33)15-23/h6-8,13-15,17-18,28-29,34,38H,9-12,16,19H2,1-5H3,(H,35,37). The van der Waals surface area contributed by atoms with Gasteiger partial charge >= 0.3 is 0 Å². The Balaban J connectivity index is 1.86. The Kier molecular flexibility index (Phi) is 9.60. The molecule has 1 saturated carbocycles. The molecule has 5 nitrogen and oxygen atoms in total. The van der Waals surface area contributed by atoms with E-state index in [-0.39, 0.29) is 30.1 Å². The fraction of sp³-hybridized carbons (Fsp3) is 0.484. The normalized spacial score (nSPS) is 19.5. The number of nitrogens with one attached hydrogen (secondary N) is 2. The third kappa shape index (κ3) is 8.05. The average Bonchev–Trinajstić information content (AvgIpc) is 2.81. The van der Waals surface area contributed by atoms with Crippen LogP contribution in [0.1, 0.15) is 77.0 Å². The van der Waals surface area contributed by atoms with E-state index in [9.17, 15) is 23.5 Å². The van der Waals surface area contributed by atoms with E-state index >= 15 is 0 Å². The van der Waals surface area contributed by atoms with Gasteiger partial charge in [-0.3, -0.25) is 9.59 Å². The van der Waals surface area contributed by atoms with Gasteiger partial charge < -0.3 is 15.7 Å². The second-order valence-corrected chi connectivity index (χ2v) is 11.6. The molecule has 1 aliphatic rings. The molecular formula is C31H40F2N2O3. The number of carbonyl (C=O) groups is 2. The lowest BCUT2D eigenvalue weighted by Crippen LogP contribution is -2.53. The largest absolute Gasteiger partial charge is 0.390 e. The molecular weight excluding hydrogens is 486 g/mol. The van der Waals surface area contributed by atoms with Crippen LogP contribution in [0.5, 0.6) is 0 Å². The van der Waals surface area contributed by atoms with Crippen LogP contribution in [0.3, 0.4) is 0 Å². The predicted octanol–water partition coefficient (Wildman–Crippen LogP) is 5.24. The number of aliphatic hydroxyl groups is 1. The Labute approximate surface area is 224 Å². The molecule has 0 radical (unpaired) electrons. The SMILES string of the molecule is CC(=O)C=C1CCC(NCC(O)C(Cc2cc(F)cc(F)c2)NC(C)=O)(c2cccc(C(C)(C)C)c2)CC1. The highest BCUT2D eigenvalue weighted by molar-refractivity contribution is 5.88. The van der Waals surface area contributed by atoms with E-state index in [1.54, 1.807) is 13.0 Å². The van der Waals surface area contributed by atoms with Crippen LogP contribution in [0.15, 0.2) is 54.1 Å². The minimum atomic E-state index is -1.01. The minimum Gasteiger partial charge on any atom is -0.390 e. The number of halogens is 2. The van der Waals surface area contributed by atoms with Gasteiger partial charge in [0.1, 0.15) is 11.6 Å². The predicted molar refractivity (Wildman–Crippen MR) is 146 cm³/mol. The van der Waals surface area contributed by atoms with E-state index in [2.05, 4.69) is 55.7 Å². The molecule has 7 heteroatoms. The molecule has 0 saturated heterocycles. The molecule has 0 bridgehead atoms. The number of amides is 1. The fourth-order valence-electron chi connectivity index (χ4n) is 5.25. The summed E-state index contributed by atoms with van der Waals surface area (Å²) in [7, 11) is 0. The van der Waals surface area contributed by atoms with Crippen molar-refractivity contribution in [2.75, 3.05) is 6.54 Å². The third-order valence-corrected chi connectivity index (χ3v) is 7.32. The zero-order valence-corrected chi connectivity index (χ0v) is 23.0. The smallest absolute Gasteiger partial charge is 0.217 e. The molecule has 1 aliphatic carbocycles. The minimum absolute atomic E-state index is 0.0394. The molecule has 1 amide bonds. The Bertz CT molecular complexity index is 1160. The van der Waals surface area contributed by atoms with Crippen molar-refractivity contribution in [2.24, 2.45) is 0 Å². The van der Waals surface area contributed by atoms with Crippen LogP contribution in [-0.2, 0) is 27.0 Å². The van der Waals surface area contributed by atoms with Crippen molar-refractivity contribution in [3.05, 3.63) is 82.4 Å². The highest BCUT2D eigenvalue weighted by Gasteiger charge is 2.36. The van der Waals surface area contributed by atoms with Crippen molar-refractivity contribution >= 4 is 11.7 Å². The first-order valence-corrected chi connectivity index (χ1v) is 13.2. The Hall–Kier alpha value is -2.90. The van der Waals surface area contributed by atoms with E-state index in [0.29, 0.717) is 5.56 Å². The molecule has 38 heavy (non-hydrogen) atoms. The maximum Gasteiger partial charge on any atom is 0.217 e. The first kappa shape index (κ1) is 29.7. The number of hydrogen-bond acceptors (Lipinski definition) is 4. The van der Waals surface area contributed by atoms with Gasteiger partial charge in [-0.2, -0.15) is 0 Å². The first-order chi connectivity index (χ1) is 17.8. The third-order valence-electron chi connectivity index (χ3n) is 7.32. The summed E-state index contributed by atoms with van der Waals surface area (Å²) in [6, 6.07) is 10.9. The van der Waals surface area contributed by atoms with Crippen molar-refractivity contribution < 1.29 is 23.5 Å². The Morgan fingerprint density at radius 3 is 2.24 bits per heavy atom. The van der Waals surface area contributed by atoms with Crippen molar-refractivity contribution in [3.63, 3.8) is 0 Å². The zero-order chi connectivity index (χ0) is 28.1. The average molecular weight is 527 g/mol. The van der Waals surface area contributed by atoms with Crippen LogP contribution in [0.2, 0.25) is 0 Å².